The Morgan fingerprint density at radius 2 is 1.73 bits per heavy atom. The Labute approximate surface area is 186 Å². The minimum absolute atomic E-state index is 0.0421. The third-order valence-corrected chi connectivity index (χ3v) is 6.16. The summed E-state index contributed by atoms with van der Waals surface area (Å²) in [6, 6.07) is 9.05. The number of aromatic nitrogens is 3. The van der Waals surface area contributed by atoms with Gasteiger partial charge in [0.2, 0.25) is 5.95 Å². The van der Waals surface area contributed by atoms with Crippen LogP contribution in [0.4, 0.5) is 24.8 Å². The number of halogens is 3. The molecule has 1 N–H and O–H groups in total. The van der Waals surface area contributed by atoms with Crippen molar-refractivity contribution in [1.29, 1.82) is 0 Å². The average molecular weight is 455 g/mol. The first-order chi connectivity index (χ1) is 15.8. The summed E-state index contributed by atoms with van der Waals surface area (Å²) in [6.45, 7) is 1.93. The lowest BCUT2D eigenvalue weighted by Crippen LogP contribution is -2.48. The van der Waals surface area contributed by atoms with Crippen LogP contribution in [-0.2, 0) is 12.7 Å². The monoisotopic (exact) mass is 455 g/mol. The van der Waals surface area contributed by atoms with Gasteiger partial charge in [0.15, 0.2) is 0 Å². The zero-order valence-electron chi connectivity index (χ0n) is 17.4. The van der Waals surface area contributed by atoms with Gasteiger partial charge in [-0.2, -0.15) is 13.2 Å². The van der Waals surface area contributed by atoms with Gasteiger partial charge in [0.05, 0.1) is 5.56 Å². The maximum absolute atomic E-state index is 13.1. The zero-order valence-corrected chi connectivity index (χ0v) is 17.4. The molecule has 7 nitrogen and oxygen atoms in total. The van der Waals surface area contributed by atoms with Crippen LogP contribution in [0.15, 0.2) is 59.7 Å². The normalized spacial score (nSPS) is 19.7. The number of nitrogens with one attached hydrogen (secondary N) is 1. The molecule has 0 aliphatic carbocycles. The van der Waals surface area contributed by atoms with Crippen LogP contribution < -0.4 is 15.8 Å². The maximum atomic E-state index is 13.1. The molecule has 0 saturated carbocycles. The Kier molecular flexibility index (Phi) is 5.15. The predicted molar refractivity (Wildman–Crippen MR) is 115 cm³/mol. The lowest BCUT2D eigenvalue weighted by Gasteiger charge is -2.42. The van der Waals surface area contributed by atoms with E-state index >= 15 is 0 Å². The van der Waals surface area contributed by atoms with E-state index in [1.807, 2.05) is 6.07 Å². The number of benzene rings is 1. The van der Waals surface area contributed by atoms with Gasteiger partial charge in [-0.3, -0.25) is 9.59 Å². The van der Waals surface area contributed by atoms with E-state index in [2.05, 4.69) is 20.2 Å². The molecule has 2 atom stereocenters. The van der Waals surface area contributed by atoms with Gasteiger partial charge in [0.25, 0.3) is 11.5 Å². The highest BCUT2D eigenvalue weighted by atomic mass is 19.4. The predicted octanol–water partition coefficient (Wildman–Crippen LogP) is 3.53. The Balaban J connectivity index is 1.36. The van der Waals surface area contributed by atoms with Crippen molar-refractivity contribution in [2.75, 3.05) is 23.3 Å². The molecule has 1 amide bonds. The van der Waals surface area contributed by atoms with Crippen molar-refractivity contribution in [2.45, 2.75) is 25.1 Å². The molecule has 4 heterocycles. The summed E-state index contributed by atoms with van der Waals surface area (Å²) in [4.78, 5) is 36.4. The van der Waals surface area contributed by atoms with Crippen LogP contribution in [0.2, 0.25) is 0 Å². The van der Waals surface area contributed by atoms with Crippen LogP contribution in [0.1, 0.15) is 34.0 Å². The molecule has 1 fully saturated rings. The Hall–Kier alpha value is -3.69. The average Bonchev–Trinajstić information content (AvgIpc) is 2.81. The number of carbonyl (C=O) groups is 1. The number of fused-ring (bicyclic) bond motifs is 4. The van der Waals surface area contributed by atoms with E-state index in [9.17, 15) is 22.8 Å². The molecule has 1 saturated heterocycles. The van der Waals surface area contributed by atoms with Crippen LogP contribution in [-0.4, -0.2) is 33.5 Å². The highest BCUT2D eigenvalue weighted by Gasteiger charge is 2.36. The van der Waals surface area contributed by atoms with Gasteiger partial charge in [-0.05, 0) is 54.8 Å². The molecular weight excluding hydrogens is 435 g/mol. The second-order valence-corrected chi connectivity index (χ2v) is 8.37. The SMILES string of the molecule is O=C(Nc1ccc2n(c1=O)CC1CC2CN(c2ncccn2)C1)c1ccc(C(F)(F)F)cc1. The van der Waals surface area contributed by atoms with Gasteiger partial charge in [0, 0.05) is 49.2 Å². The van der Waals surface area contributed by atoms with Crippen molar-refractivity contribution in [2.24, 2.45) is 5.92 Å². The number of carbonyl (C=O) groups excluding carboxylic acids is 1. The van der Waals surface area contributed by atoms with Crippen molar-refractivity contribution < 1.29 is 18.0 Å². The quantitative estimate of drug-likeness (QED) is 0.654. The minimum Gasteiger partial charge on any atom is -0.340 e. The fourth-order valence-corrected chi connectivity index (χ4v) is 4.66. The molecule has 2 aliphatic rings. The fraction of sp³-hybridized carbons (Fsp3) is 0.304. The first-order valence-corrected chi connectivity index (χ1v) is 10.5. The molecule has 2 bridgehead atoms. The summed E-state index contributed by atoms with van der Waals surface area (Å²) in [5.74, 6) is 0.403. The van der Waals surface area contributed by atoms with Gasteiger partial charge in [0.1, 0.15) is 5.69 Å². The number of rotatable bonds is 3. The van der Waals surface area contributed by atoms with E-state index in [1.54, 1.807) is 29.1 Å². The lowest BCUT2D eigenvalue weighted by molar-refractivity contribution is -0.137. The molecule has 0 radical (unpaired) electrons. The summed E-state index contributed by atoms with van der Waals surface area (Å²) in [5.41, 5.74) is -0.113. The molecule has 170 valence electrons. The molecule has 10 heteroatoms. The van der Waals surface area contributed by atoms with Crippen LogP contribution in [0.5, 0.6) is 0 Å². The first kappa shape index (κ1) is 21.2. The summed E-state index contributed by atoms with van der Waals surface area (Å²) in [7, 11) is 0. The highest BCUT2D eigenvalue weighted by molar-refractivity contribution is 6.04. The molecule has 2 aliphatic heterocycles. The van der Waals surface area contributed by atoms with E-state index in [0.29, 0.717) is 19.0 Å². The third-order valence-electron chi connectivity index (χ3n) is 6.16. The van der Waals surface area contributed by atoms with Crippen molar-refractivity contribution >= 4 is 17.5 Å². The lowest BCUT2D eigenvalue weighted by atomic mass is 9.83. The number of nitrogens with zero attached hydrogens (tertiary/aromatic N) is 4. The van der Waals surface area contributed by atoms with Crippen LogP contribution in [0.3, 0.4) is 0 Å². The van der Waals surface area contributed by atoms with Crippen molar-refractivity contribution in [1.82, 2.24) is 14.5 Å². The zero-order chi connectivity index (χ0) is 23.2. The second kappa shape index (κ2) is 8.02. The van der Waals surface area contributed by atoms with E-state index < -0.39 is 17.6 Å². The number of hydrogen-bond acceptors (Lipinski definition) is 5. The van der Waals surface area contributed by atoms with Crippen LogP contribution in [0, 0.1) is 5.92 Å². The van der Waals surface area contributed by atoms with E-state index in [-0.39, 0.29) is 28.6 Å². The molecule has 1 aromatic carbocycles. The first-order valence-electron chi connectivity index (χ1n) is 10.5. The molecule has 5 rings (SSSR count). The van der Waals surface area contributed by atoms with E-state index in [1.165, 1.54) is 0 Å². The highest BCUT2D eigenvalue weighted by Crippen LogP contribution is 2.36. The Bertz CT molecular complexity index is 1240. The Morgan fingerprint density at radius 3 is 2.42 bits per heavy atom. The molecule has 2 aromatic heterocycles. The fourth-order valence-electron chi connectivity index (χ4n) is 4.66. The topological polar surface area (TPSA) is 80.1 Å². The van der Waals surface area contributed by atoms with Crippen molar-refractivity contribution in [3.05, 3.63) is 82.0 Å². The number of anilines is 2. The number of pyridine rings is 1. The summed E-state index contributed by atoms with van der Waals surface area (Å²) < 4.78 is 39.9. The van der Waals surface area contributed by atoms with Gasteiger partial charge in [-0.15, -0.1) is 0 Å². The Morgan fingerprint density at radius 1 is 1.00 bits per heavy atom. The van der Waals surface area contributed by atoms with Crippen LogP contribution >= 0.6 is 0 Å². The second-order valence-electron chi connectivity index (χ2n) is 8.37. The third kappa shape index (κ3) is 4.08. The van der Waals surface area contributed by atoms with E-state index in [4.69, 9.17) is 0 Å². The standard InChI is InChI=1S/C23H20F3N5O2/c24-23(25,26)17-4-2-15(3-5-17)20(32)29-18-6-7-19-16-10-14(12-31(19)21(18)33)11-30(13-16)22-27-8-1-9-28-22/h1-9,14,16H,10-13H2,(H,29,32). The van der Waals surface area contributed by atoms with Gasteiger partial charge >= 0.3 is 6.18 Å². The summed E-state index contributed by atoms with van der Waals surface area (Å²) in [5, 5.41) is 2.55. The van der Waals surface area contributed by atoms with E-state index in [0.717, 1.165) is 42.9 Å². The largest absolute Gasteiger partial charge is 0.416 e. The number of piperidine rings is 1. The molecule has 33 heavy (non-hydrogen) atoms. The van der Waals surface area contributed by atoms with Crippen molar-refractivity contribution in [3.63, 3.8) is 0 Å². The number of alkyl halides is 3. The van der Waals surface area contributed by atoms with Crippen LogP contribution in [0.25, 0.3) is 0 Å². The minimum atomic E-state index is -4.48. The van der Waals surface area contributed by atoms with Gasteiger partial charge in [-0.25, -0.2) is 9.97 Å². The van der Waals surface area contributed by atoms with Gasteiger partial charge < -0.3 is 14.8 Å². The maximum Gasteiger partial charge on any atom is 0.416 e. The summed E-state index contributed by atoms with van der Waals surface area (Å²) in [6.07, 6.45) is -0.111. The number of amides is 1. The molecular formula is C23H20F3N5O2. The molecule has 3 aromatic rings. The summed E-state index contributed by atoms with van der Waals surface area (Å²) >= 11 is 0. The van der Waals surface area contributed by atoms with Crippen molar-refractivity contribution in [3.8, 4) is 0 Å². The van der Waals surface area contributed by atoms with Gasteiger partial charge in [-0.1, -0.05) is 0 Å². The number of hydrogen-bond donors (Lipinski definition) is 1. The molecule has 0 spiro atoms. The smallest absolute Gasteiger partial charge is 0.340 e. The molecule has 2 unspecified atom stereocenters.